The summed E-state index contributed by atoms with van der Waals surface area (Å²) in [4.78, 5) is 0. The normalized spacial score (nSPS) is 20.9. The van der Waals surface area contributed by atoms with Crippen molar-refractivity contribution in [3.05, 3.63) is 24.3 Å². The molecular formula is C15H22N2OS. The van der Waals surface area contributed by atoms with Gasteiger partial charge in [0.1, 0.15) is 5.75 Å². The highest BCUT2D eigenvalue weighted by molar-refractivity contribution is 7.80. The smallest absolute Gasteiger partial charge is 0.170 e. The van der Waals surface area contributed by atoms with E-state index in [0.29, 0.717) is 16.6 Å². The minimum atomic E-state index is 0.438. The lowest BCUT2D eigenvalue weighted by Crippen LogP contribution is -2.36. The van der Waals surface area contributed by atoms with Gasteiger partial charge in [-0.2, -0.15) is 0 Å². The Hall–Kier alpha value is -1.29. The van der Waals surface area contributed by atoms with E-state index in [4.69, 9.17) is 17.0 Å². The first kappa shape index (κ1) is 14.1. The first-order chi connectivity index (χ1) is 8.98. The van der Waals surface area contributed by atoms with Crippen LogP contribution < -0.4 is 15.4 Å². The highest BCUT2D eigenvalue weighted by atomic mass is 32.1. The zero-order valence-corrected chi connectivity index (χ0v) is 12.6. The minimum Gasteiger partial charge on any atom is -0.497 e. The second kappa shape index (κ2) is 5.78. The fraction of sp³-hybridized carbons (Fsp3) is 0.533. The molecule has 19 heavy (non-hydrogen) atoms. The van der Waals surface area contributed by atoms with Crippen molar-refractivity contribution >= 4 is 23.0 Å². The number of methoxy groups -OCH3 is 1. The Morgan fingerprint density at radius 2 is 2.00 bits per heavy atom. The van der Waals surface area contributed by atoms with E-state index in [1.54, 1.807) is 7.11 Å². The van der Waals surface area contributed by atoms with E-state index < -0.39 is 0 Å². The molecule has 0 saturated heterocycles. The van der Waals surface area contributed by atoms with Gasteiger partial charge < -0.3 is 15.4 Å². The minimum absolute atomic E-state index is 0.438. The van der Waals surface area contributed by atoms with E-state index in [1.165, 1.54) is 19.3 Å². The number of nitrogens with one attached hydrogen (secondary N) is 2. The Labute approximate surface area is 120 Å². The Balaban J connectivity index is 1.84. The van der Waals surface area contributed by atoms with Crippen molar-refractivity contribution in [1.29, 1.82) is 0 Å². The van der Waals surface area contributed by atoms with Crippen LogP contribution in [0.25, 0.3) is 0 Å². The maximum atomic E-state index is 5.36. The van der Waals surface area contributed by atoms with Crippen molar-refractivity contribution in [2.24, 2.45) is 5.41 Å². The zero-order chi connectivity index (χ0) is 13.9. The van der Waals surface area contributed by atoms with Crippen LogP contribution in [-0.2, 0) is 0 Å². The van der Waals surface area contributed by atoms with E-state index in [1.807, 2.05) is 24.3 Å². The third kappa shape index (κ3) is 4.10. The Morgan fingerprint density at radius 1 is 1.32 bits per heavy atom. The maximum absolute atomic E-state index is 5.36. The van der Waals surface area contributed by atoms with E-state index in [0.717, 1.165) is 11.4 Å². The number of hydrogen-bond acceptors (Lipinski definition) is 2. The molecule has 0 heterocycles. The van der Waals surface area contributed by atoms with Crippen molar-refractivity contribution in [2.75, 3.05) is 12.4 Å². The van der Waals surface area contributed by atoms with E-state index in [9.17, 15) is 0 Å². The Kier molecular flexibility index (Phi) is 4.30. The van der Waals surface area contributed by atoms with Crippen molar-refractivity contribution in [1.82, 2.24) is 5.32 Å². The highest BCUT2D eigenvalue weighted by Crippen LogP contribution is 2.36. The lowest BCUT2D eigenvalue weighted by atomic mass is 9.92. The molecule has 1 atom stereocenters. The largest absolute Gasteiger partial charge is 0.497 e. The number of hydrogen-bond donors (Lipinski definition) is 2. The summed E-state index contributed by atoms with van der Waals surface area (Å²) >= 11 is 5.36. The molecule has 1 unspecified atom stereocenters. The molecule has 1 aromatic carbocycles. The van der Waals surface area contributed by atoms with Gasteiger partial charge in [-0.3, -0.25) is 0 Å². The summed E-state index contributed by atoms with van der Waals surface area (Å²) in [6, 6.07) is 8.26. The van der Waals surface area contributed by atoms with Crippen LogP contribution in [0.2, 0.25) is 0 Å². The van der Waals surface area contributed by atoms with Gasteiger partial charge in [0.25, 0.3) is 0 Å². The predicted octanol–water partition coefficient (Wildman–Crippen LogP) is 3.56. The summed E-state index contributed by atoms with van der Waals surface area (Å²) < 4.78 is 5.13. The number of thiocarbonyl (C=S) groups is 1. The second-order valence-electron chi connectivity index (χ2n) is 5.93. The fourth-order valence-corrected chi connectivity index (χ4v) is 2.87. The van der Waals surface area contributed by atoms with Crippen LogP contribution in [0, 0.1) is 5.41 Å². The molecule has 1 saturated carbocycles. The molecule has 0 amide bonds. The summed E-state index contributed by atoms with van der Waals surface area (Å²) in [5.74, 6) is 0.849. The SMILES string of the molecule is COc1ccc(NC(=S)NC2CCC(C)(C)C2)cc1. The number of anilines is 1. The van der Waals surface area contributed by atoms with E-state index in [-0.39, 0.29) is 0 Å². The molecule has 2 rings (SSSR count). The monoisotopic (exact) mass is 278 g/mol. The van der Waals surface area contributed by atoms with Crippen LogP contribution in [0.15, 0.2) is 24.3 Å². The van der Waals surface area contributed by atoms with Crippen LogP contribution in [0.5, 0.6) is 5.75 Å². The number of rotatable bonds is 3. The summed E-state index contributed by atoms with van der Waals surface area (Å²) in [5, 5.41) is 7.31. The summed E-state index contributed by atoms with van der Waals surface area (Å²) in [5.41, 5.74) is 1.42. The van der Waals surface area contributed by atoms with Gasteiger partial charge in [0.15, 0.2) is 5.11 Å². The molecule has 1 aromatic rings. The van der Waals surface area contributed by atoms with Gasteiger partial charge in [-0.15, -0.1) is 0 Å². The molecule has 0 aliphatic heterocycles. The van der Waals surface area contributed by atoms with Crippen LogP contribution in [0.1, 0.15) is 33.1 Å². The summed E-state index contributed by atoms with van der Waals surface area (Å²) in [6.07, 6.45) is 3.63. The first-order valence-electron chi connectivity index (χ1n) is 6.70. The number of ether oxygens (including phenoxy) is 1. The molecule has 4 heteroatoms. The van der Waals surface area contributed by atoms with Crippen molar-refractivity contribution in [3.8, 4) is 5.75 Å². The van der Waals surface area contributed by atoms with Crippen LogP contribution in [0.3, 0.4) is 0 Å². The molecule has 0 aromatic heterocycles. The topological polar surface area (TPSA) is 33.3 Å². The number of benzene rings is 1. The molecule has 1 aliphatic carbocycles. The first-order valence-corrected chi connectivity index (χ1v) is 7.11. The molecule has 0 spiro atoms. The third-order valence-corrected chi connectivity index (χ3v) is 3.87. The lowest BCUT2D eigenvalue weighted by Gasteiger charge is -2.19. The molecule has 1 fully saturated rings. The molecule has 3 nitrogen and oxygen atoms in total. The second-order valence-corrected chi connectivity index (χ2v) is 6.34. The predicted molar refractivity (Wildman–Crippen MR) is 83.8 cm³/mol. The highest BCUT2D eigenvalue weighted by Gasteiger charge is 2.31. The molecule has 1 aliphatic rings. The van der Waals surface area contributed by atoms with E-state index >= 15 is 0 Å². The van der Waals surface area contributed by atoms with Gasteiger partial charge in [-0.25, -0.2) is 0 Å². The van der Waals surface area contributed by atoms with Gasteiger partial charge in [-0.05, 0) is 61.2 Å². The lowest BCUT2D eigenvalue weighted by molar-refractivity contribution is 0.372. The average Bonchev–Trinajstić information content (AvgIpc) is 2.69. The van der Waals surface area contributed by atoms with E-state index in [2.05, 4.69) is 24.5 Å². The van der Waals surface area contributed by atoms with Gasteiger partial charge >= 0.3 is 0 Å². The Bertz CT molecular complexity index is 442. The molecule has 2 N–H and O–H groups in total. The quantitative estimate of drug-likeness (QED) is 0.828. The fourth-order valence-electron chi connectivity index (χ4n) is 2.59. The van der Waals surface area contributed by atoms with Crippen LogP contribution in [0.4, 0.5) is 5.69 Å². The Morgan fingerprint density at radius 3 is 2.53 bits per heavy atom. The molecule has 0 bridgehead atoms. The van der Waals surface area contributed by atoms with Gasteiger partial charge in [-0.1, -0.05) is 13.8 Å². The zero-order valence-electron chi connectivity index (χ0n) is 11.8. The summed E-state index contributed by atoms with van der Waals surface area (Å²) in [7, 11) is 1.66. The third-order valence-electron chi connectivity index (χ3n) is 3.65. The average molecular weight is 278 g/mol. The summed E-state index contributed by atoms with van der Waals surface area (Å²) in [6.45, 7) is 4.63. The maximum Gasteiger partial charge on any atom is 0.170 e. The standard InChI is InChI=1S/C15H22N2OS/c1-15(2)9-8-12(10-15)17-14(19)16-11-4-6-13(18-3)7-5-11/h4-7,12H,8-10H2,1-3H3,(H2,16,17,19). The van der Waals surface area contributed by atoms with Gasteiger partial charge in [0.05, 0.1) is 7.11 Å². The van der Waals surface area contributed by atoms with Crippen molar-refractivity contribution in [3.63, 3.8) is 0 Å². The molecule has 104 valence electrons. The van der Waals surface area contributed by atoms with Crippen molar-refractivity contribution < 1.29 is 4.74 Å². The molecular weight excluding hydrogens is 256 g/mol. The van der Waals surface area contributed by atoms with Gasteiger partial charge in [0, 0.05) is 11.7 Å². The molecule has 0 radical (unpaired) electrons. The van der Waals surface area contributed by atoms with Crippen LogP contribution in [-0.4, -0.2) is 18.3 Å². The van der Waals surface area contributed by atoms with Gasteiger partial charge in [0.2, 0.25) is 0 Å². The van der Waals surface area contributed by atoms with Crippen LogP contribution >= 0.6 is 12.2 Å². The van der Waals surface area contributed by atoms with Crippen molar-refractivity contribution in [2.45, 2.75) is 39.2 Å².